The molecule has 1 aliphatic rings. The highest BCUT2D eigenvalue weighted by atomic mass is 28.3. The Morgan fingerprint density at radius 2 is 1.89 bits per heavy atom. The first kappa shape index (κ1) is 13.0. The van der Waals surface area contributed by atoms with E-state index in [9.17, 15) is 0 Å². The summed E-state index contributed by atoms with van der Waals surface area (Å²) in [5.41, 5.74) is 11.2. The van der Waals surface area contributed by atoms with Gasteiger partial charge in [0.1, 0.15) is 8.07 Å². The summed E-state index contributed by atoms with van der Waals surface area (Å²) in [5.74, 6) is 4.88. The van der Waals surface area contributed by atoms with E-state index in [2.05, 4.69) is 31.1 Å². The Bertz CT molecular complexity index is 509. The van der Waals surface area contributed by atoms with Gasteiger partial charge in [0.25, 0.3) is 0 Å². The third-order valence-corrected chi connectivity index (χ3v) is 3.46. The van der Waals surface area contributed by atoms with Crippen LogP contribution in [0.4, 0.5) is 0 Å². The first-order chi connectivity index (χ1) is 8.49. The van der Waals surface area contributed by atoms with Gasteiger partial charge in [-0.05, 0) is 24.6 Å². The Hall–Kier alpha value is -1.44. The number of hydrogen-bond acceptors (Lipinski definition) is 3. The summed E-state index contributed by atoms with van der Waals surface area (Å²) in [7, 11) is -1.38. The van der Waals surface area contributed by atoms with Crippen LogP contribution in [-0.4, -0.2) is 21.4 Å². The van der Waals surface area contributed by atoms with Crippen molar-refractivity contribution in [2.75, 3.05) is 13.3 Å². The molecule has 0 saturated heterocycles. The monoisotopic (exact) mass is 261 g/mol. The molecule has 18 heavy (non-hydrogen) atoms. The predicted molar refractivity (Wildman–Crippen MR) is 75.5 cm³/mol. The fourth-order valence-corrected chi connectivity index (χ4v) is 2.23. The summed E-state index contributed by atoms with van der Waals surface area (Å²) in [6.45, 7) is 7.60. The summed E-state index contributed by atoms with van der Waals surface area (Å²) in [6.07, 6.45) is 0.812. The first-order valence-electron chi connectivity index (χ1n) is 6.15. The molecule has 0 unspecified atom stereocenters. The number of benzene rings is 1. The Kier molecular flexibility index (Phi) is 3.65. The number of nitrogens with two attached hydrogens (primary N) is 1. The molecule has 0 spiro atoms. The van der Waals surface area contributed by atoms with Gasteiger partial charge in [0.15, 0.2) is 11.5 Å². The highest BCUT2D eigenvalue weighted by Crippen LogP contribution is 2.34. The second kappa shape index (κ2) is 5.05. The molecule has 2 N–H and O–H groups in total. The van der Waals surface area contributed by atoms with E-state index in [1.165, 1.54) is 0 Å². The molecule has 2 rings (SSSR count). The van der Waals surface area contributed by atoms with Crippen molar-refractivity contribution in [1.29, 1.82) is 0 Å². The molecule has 0 radical (unpaired) electrons. The van der Waals surface area contributed by atoms with Crippen LogP contribution in [0.3, 0.4) is 0 Å². The van der Waals surface area contributed by atoms with Crippen LogP contribution in [0, 0.1) is 11.5 Å². The van der Waals surface area contributed by atoms with Crippen LogP contribution >= 0.6 is 0 Å². The lowest BCUT2D eigenvalue weighted by Crippen LogP contribution is -2.16. The van der Waals surface area contributed by atoms with Crippen molar-refractivity contribution < 1.29 is 9.47 Å². The topological polar surface area (TPSA) is 44.5 Å². The van der Waals surface area contributed by atoms with E-state index in [1.807, 2.05) is 12.1 Å². The highest BCUT2D eigenvalue weighted by molar-refractivity contribution is 6.83. The molecule has 1 aliphatic heterocycles. The molecule has 0 atom stereocenters. The maximum Gasteiger partial charge on any atom is 0.231 e. The lowest BCUT2D eigenvalue weighted by molar-refractivity contribution is 0.174. The molecular formula is C14H19NO2Si. The Labute approximate surface area is 109 Å². The third-order valence-electron chi connectivity index (χ3n) is 2.58. The van der Waals surface area contributed by atoms with Crippen molar-refractivity contribution in [3.05, 3.63) is 23.3 Å². The summed E-state index contributed by atoms with van der Waals surface area (Å²) in [5, 5.41) is 0. The number of ether oxygens (including phenoxy) is 2. The zero-order valence-electron chi connectivity index (χ0n) is 11.2. The fraction of sp³-hybridized carbons (Fsp3) is 0.429. The molecule has 0 aromatic heterocycles. The zero-order valence-corrected chi connectivity index (χ0v) is 12.2. The van der Waals surface area contributed by atoms with E-state index >= 15 is 0 Å². The van der Waals surface area contributed by atoms with E-state index in [1.54, 1.807) is 0 Å². The summed E-state index contributed by atoms with van der Waals surface area (Å²) >= 11 is 0. The molecule has 0 saturated carbocycles. The van der Waals surface area contributed by atoms with Gasteiger partial charge >= 0.3 is 0 Å². The number of fused-ring (bicyclic) bond motifs is 1. The maximum atomic E-state index is 5.65. The second-order valence-electron chi connectivity index (χ2n) is 5.40. The van der Waals surface area contributed by atoms with E-state index in [-0.39, 0.29) is 0 Å². The van der Waals surface area contributed by atoms with E-state index in [0.29, 0.717) is 13.3 Å². The number of rotatable bonds is 2. The van der Waals surface area contributed by atoms with Crippen LogP contribution in [0.25, 0.3) is 0 Å². The molecule has 0 amide bonds. The van der Waals surface area contributed by atoms with Crippen LogP contribution in [0.1, 0.15) is 11.1 Å². The minimum absolute atomic E-state index is 0.294. The Morgan fingerprint density at radius 1 is 1.22 bits per heavy atom. The lowest BCUT2D eigenvalue weighted by Gasteiger charge is -2.07. The SMILES string of the molecule is C[Si](C)(C)C#Cc1cc2c(cc1CCN)OCO2. The van der Waals surface area contributed by atoms with Crippen molar-refractivity contribution in [3.63, 3.8) is 0 Å². The molecule has 3 nitrogen and oxygen atoms in total. The molecule has 0 bridgehead atoms. The van der Waals surface area contributed by atoms with Crippen LogP contribution in [-0.2, 0) is 6.42 Å². The Morgan fingerprint density at radius 3 is 2.50 bits per heavy atom. The minimum Gasteiger partial charge on any atom is -0.454 e. The molecule has 1 heterocycles. The van der Waals surface area contributed by atoms with E-state index in [0.717, 1.165) is 29.0 Å². The average molecular weight is 261 g/mol. The van der Waals surface area contributed by atoms with Gasteiger partial charge in [0.05, 0.1) is 0 Å². The molecule has 96 valence electrons. The van der Waals surface area contributed by atoms with Gasteiger partial charge < -0.3 is 15.2 Å². The van der Waals surface area contributed by atoms with Crippen LogP contribution in [0.2, 0.25) is 19.6 Å². The smallest absolute Gasteiger partial charge is 0.231 e. The van der Waals surface area contributed by atoms with Gasteiger partial charge in [-0.15, -0.1) is 5.54 Å². The van der Waals surface area contributed by atoms with Gasteiger partial charge in [-0.1, -0.05) is 25.6 Å². The molecule has 0 aliphatic carbocycles. The lowest BCUT2D eigenvalue weighted by atomic mass is 10.0. The molecule has 1 aromatic rings. The van der Waals surface area contributed by atoms with E-state index < -0.39 is 8.07 Å². The summed E-state index contributed by atoms with van der Waals surface area (Å²) in [4.78, 5) is 0. The van der Waals surface area contributed by atoms with Crippen molar-refractivity contribution in [1.82, 2.24) is 0 Å². The second-order valence-corrected chi connectivity index (χ2v) is 10.2. The van der Waals surface area contributed by atoms with Crippen molar-refractivity contribution in [2.45, 2.75) is 26.1 Å². The van der Waals surface area contributed by atoms with Crippen molar-refractivity contribution in [2.24, 2.45) is 5.73 Å². The van der Waals surface area contributed by atoms with Gasteiger partial charge in [-0.2, -0.15) is 0 Å². The molecule has 0 fully saturated rings. The number of hydrogen-bond donors (Lipinski definition) is 1. The van der Waals surface area contributed by atoms with Crippen LogP contribution in [0.15, 0.2) is 12.1 Å². The largest absolute Gasteiger partial charge is 0.454 e. The highest BCUT2D eigenvalue weighted by Gasteiger charge is 2.16. The van der Waals surface area contributed by atoms with Crippen LogP contribution < -0.4 is 15.2 Å². The molecule has 4 heteroatoms. The summed E-state index contributed by atoms with van der Waals surface area (Å²) < 4.78 is 10.8. The minimum atomic E-state index is -1.38. The van der Waals surface area contributed by atoms with Gasteiger partial charge in [0, 0.05) is 11.6 Å². The predicted octanol–water partition coefficient (Wildman–Crippen LogP) is 2.15. The normalized spacial score (nSPS) is 13.1. The average Bonchev–Trinajstić information content (AvgIpc) is 2.72. The van der Waals surface area contributed by atoms with Gasteiger partial charge in [-0.25, -0.2) is 0 Å². The quantitative estimate of drug-likeness (QED) is 0.655. The van der Waals surface area contributed by atoms with Crippen molar-refractivity contribution >= 4 is 8.07 Å². The van der Waals surface area contributed by atoms with Crippen LogP contribution in [0.5, 0.6) is 11.5 Å². The standard InChI is InChI=1S/C14H19NO2Si/c1-18(2,3)7-5-12-9-14-13(16-10-17-14)8-11(12)4-6-15/h8-9H,4,6,10,15H2,1-3H3. The fourth-order valence-electron chi connectivity index (χ4n) is 1.72. The maximum absolute atomic E-state index is 5.65. The van der Waals surface area contributed by atoms with Gasteiger partial charge in [-0.3, -0.25) is 0 Å². The molecular weight excluding hydrogens is 242 g/mol. The Balaban J connectivity index is 2.40. The first-order valence-corrected chi connectivity index (χ1v) is 9.65. The third kappa shape index (κ3) is 3.06. The van der Waals surface area contributed by atoms with Gasteiger partial charge in [0.2, 0.25) is 6.79 Å². The summed E-state index contributed by atoms with van der Waals surface area (Å²) in [6, 6.07) is 3.98. The van der Waals surface area contributed by atoms with E-state index in [4.69, 9.17) is 15.2 Å². The zero-order chi connectivity index (χ0) is 13.2. The van der Waals surface area contributed by atoms with Crippen molar-refractivity contribution in [3.8, 4) is 23.0 Å². The molecule has 1 aromatic carbocycles.